The highest BCUT2D eigenvalue weighted by atomic mass is 14.8. The van der Waals surface area contributed by atoms with E-state index in [1.807, 2.05) is 6.08 Å². The third kappa shape index (κ3) is 5.60. The van der Waals surface area contributed by atoms with E-state index in [0.29, 0.717) is 0 Å². The molecule has 0 amide bonds. The topological polar surface area (TPSA) is 12.4 Å². The molecule has 0 radical (unpaired) electrons. The van der Waals surface area contributed by atoms with Crippen molar-refractivity contribution in [3.8, 4) is 22.3 Å². The van der Waals surface area contributed by atoms with E-state index in [0.717, 1.165) is 40.1 Å². The van der Waals surface area contributed by atoms with Gasteiger partial charge >= 0.3 is 0 Å². The average molecular weight is 696 g/mol. The maximum Gasteiger partial charge on any atom is 0.0721 e. The van der Waals surface area contributed by atoms with Crippen molar-refractivity contribution >= 4 is 17.0 Å². The zero-order chi connectivity index (χ0) is 37.4. The van der Waals surface area contributed by atoms with Gasteiger partial charge in [0.05, 0.1) is 16.8 Å². The van der Waals surface area contributed by atoms with Crippen LogP contribution in [0.25, 0.3) is 33.5 Å². The van der Waals surface area contributed by atoms with Gasteiger partial charge in [-0.05, 0) is 130 Å². The molecule has 3 aliphatic carbocycles. The summed E-state index contributed by atoms with van der Waals surface area (Å²) in [6.45, 7) is 17.2. The Labute approximate surface area is 320 Å². The van der Waals surface area contributed by atoms with E-state index in [1.54, 1.807) is 0 Å². The second kappa shape index (κ2) is 14.3. The first-order chi connectivity index (χ1) is 26.4. The quantitative estimate of drug-likeness (QED) is 0.111. The molecule has 5 aromatic carbocycles. The van der Waals surface area contributed by atoms with E-state index in [9.17, 15) is 0 Å². The van der Waals surface area contributed by atoms with Gasteiger partial charge in [-0.25, -0.2) is 4.99 Å². The molecule has 54 heavy (non-hydrogen) atoms. The van der Waals surface area contributed by atoms with Gasteiger partial charge < -0.3 is 0 Å². The van der Waals surface area contributed by atoms with Gasteiger partial charge in [0.15, 0.2) is 0 Å². The van der Waals surface area contributed by atoms with Crippen LogP contribution in [0.1, 0.15) is 66.6 Å². The molecule has 0 N–H and O–H groups in total. The van der Waals surface area contributed by atoms with E-state index < -0.39 is 5.41 Å². The van der Waals surface area contributed by atoms with Gasteiger partial charge in [0.1, 0.15) is 0 Å². The predicted molar refractivity (Wildman–Crippen MR) is 232 cm³/mol. The molecule has 0 aliphatic heterocycles. The summed E-state index contributed by atoms with van der Waals surface area (Å²) in [4.78, 5) is 5.39. The van der Waals surface area contributed by atoms with Crippen molar-refractivity contribution < 1.29 is 0 Å². The summed E-state index contributed by atoms with van der Waals surface area (Å²) >= 11 is 0. The Hall–Kier alpha value is -6.31. The minimum atomic E-state index is -0.461. The van der Waals surface area contributed by atoms with Crippen LogP contribution in [-0.4, -0.2) is 5.71 Å². The number of allylic oxidation sites excluding steroid dienone is 13. The summed E-state index contributed by atoms with van der Waals surface area (Å²) in [5, 5.41) is 0. The fraction of sp³-hybridized carbons (Fsp3) is 0.113. The molecule has 0 saturated carbocycles. The molecule has 3 aliphatic rings. The van der Waals surface area contributed by atoms with Gasteiger partial charge in [-0.1, -0.05) is 159 Å². The van der Waals surface area contributed by atoms with Crippen LogP contribution >= 0.6 is 0 Å². The van der Waals surface area contributed by atoms with Crippen LogP contribution in [0.5, 0.6) is 0 Å². The Morgan fingerprint density at radius 1 is 0.704 bits per heavy atom. The minimum Gasteiger partial charge on any atom is -0.248 e. The molecular weight excluding hydrogens is 651 g/mol. The van der Waals surface area contributed by atoms with Crippen LogP contribution in [0.3, 0.4) is 0 Å². The van der Waals surface area contributed by atoms with Crippen molar-refractivity contribution in [2.45, 2.75) is 39.5 Å². The van der Waals surface area contributed by atoms with Crippen LogP contribution in [0.4, 0.5) is 0 Å². The number of hydrogen-bond acceptors (Lipinski definition) is 1. The Morgan fingerprint density at radius 3 is 2.19 bits per heavy atom. The number of aliphatic imine (C=N–C) groups is 1. The highest BCUT2D eigenvalue weighted by Gasteiger charge is 2.52. The number of nitrogens with zero attached hydrogens (tertiary/aromatic N) is 1. The molecule has 0 heterocycles. The van der Waals surface area contributed by atoms with Crippen molar-refractivity contribution in [2.75, 3.05) is 0 Å². The Morgan fingerprint density at radius 2 is 1.41 bits per heavy atom. The molecule has 5 aromatic rings. The number of benzene rings is 5. The molecule has 1 atom stereocenters. The van der Waals surface area contributed by atoms with Crippen LogP contribution < -0.4 is 0 Å². The molecular formula is C53H45N. The molecule has 1 unspecified atom stereocenters. The first kappa shape index (κ1) is 34.8. The molecule has 262 valence electrons. The van der Waals surface area contributed by atoms with E-state index in [2.05, 4.69) is 199 Å². The van der Waals surface area contributed by atoms with Crippen molar-refractivity contribution in [1.82, 2.24) is 0 Å². The van der Waals surface area contributed by atoms with E-state index >= 15 is 0 Å². The molecule has 0 fully saturated rings. The van der Waals surface area contributed by atoms with E-state index in [1.165, 1.54) is 66.8 Å². The lowest BCUT2D eigenvalue weighted by atomic mass is 9.69. The highest BCUT2D eigenvalue weighted by molar-refractivity contribution is 6.14. The number of rotatable bonds is 8. The average Bonchev–Trinajstić information content (AvgIpc) is 3.79. The Kier molecular flexibility index (Phi) is 9.18. The predicted octanol–water partition coefficient (Wildman–Crippen LogP) is 13.6. The SMILES string of the molecule is C=C/C=C\C1=C(C)C(=C)/C(=C\C=C/C)C12c1ccccc1-c1cc(/C(C)=C/C(=NC(=CC)c3ccc4c(c3)Cc3ccccc3-4)c3ccccc3)ccc12. The third-order valence-corrected chi connectivity index (χ3v) is 11.4. The summed E-state index contributed by atoms with van der Waals surface area (Å²) in [5.74, 6) is 0. The smallest absolute Gasteiger partial charge is 0.0721 e. The Balaban J connectivity index is 1.24. The van der Waals surface area contributed by atoms with Gasteiger partial charge in [0.2, 0.25) is 0 Å². The van der Waals surface area contributed by atoms with Crippen LogP contribution in [0.2, 0.25) is 0 Å². The maximum absolute atomic E-state index is 5.39. The van der Waals surface area contributed by atoms with Crippen LogP contribution in [-0.2, 0) is 11.8 Å². The van der Waals surface area contributed by atoms with Crippen molar-refractivity contribution in [3.05, 3.63) is 238 Å². The first-order valence-corrected chi connectivity index (χ1v) is 18.9. The summed E-state index contributed by atoms with van der Waals surface area (Å²) in [5.41, 5.74) is 21.2. The second-order valence-electron chi connectivity index (χ2n) is 14.3. The monoisotopic (exact) mass is 695 g/mol. The summed E-state index contributed by atoms with van der Waals surface area (Å²) in [6.07, 6.45) is 18.0. The number of hydrogen-bond donors (Lipinski definition) is 0. The molecule has 1 spiro atoms. The molecule has 1 nitrogen and oxygen atoms in total. The second-order valence-corrected chi connectivity index (χ2v) is 14.3. The largest absolute Gasteiger partial charge is 0.248 e. The fourth-order valence-corrected chi connectivity index (χ4v) is 8.77. The lowest BCUT2D eigenvalue weighted by molar-refractivity contribution is 0.782. The normalized spacial score (nSPS) is 18.6. The van der Waals surface area contributed by atoms with Crippen molar-refractivity contribution in [1.29, 1.82) is 0 Å². The molecule has 8 rings (SSSR count). The minimum absolute atomic E-state index is 0.461. The van der Waals surface area contributed by atoms with Crippen LogP contribution in [0, 0.1) is 0 Å². The fourth-order valence-electron chi connectivity index (χ4n) is 8.77. The van der Waals surface area contributed by atoms with Crippen molar-refractivity contribution in [2.24, 2.45) is 4.99 Å². The van der Waals surface area contributed by atoms with Crippen LogP contribution in [0.15, 0.2) is 204 Å². The molecule has 0 bridgehead atoms. The lowest BCUT2D eigenvalue weighted by Crippen LogP contribution is -2.27. The number of fused-ring (bicyclic) bond motifs is 8. The highest BCUT2D eigenvalue weighted by Crippen LogP contribution is 2.63. The van der Waals surface area contributed by atoms with Gasteiger partial charge in [-0.15, -0.1) is 0 Å². The first-order valence-electron chi connectivity index (χ1n) is 18.9. The van der Waals surface area contributed by atoms with E-state index in [-0.39, 0.29) is 0 Å². The van der Waals surface area contributed by atoms with Gasteiger partial charge in [-0.3, -0.25) is 0 Å². The van der Waals surface area contributed by atoms with Gasteiger partial charge in [0.25, 0.3) is 0 Å². The Bertz CT molecular complexity index is 2580. The molecule has 1 heteroatoms. The standard InChI is InChI=1S/C53H45N/c1-7-10-24-47-36(5)37(6)48(25-11-8-2)53(47)49-26-18-17-23-45(49)46-34-39(28-30-50(46)53)35(4)31-52(38-19-13-12-14-20-38)54-51(9-3)41-27-29-44-42(33-41)32-40-21-15-16-22-43(40)44/h7-31,33-34H,1,6,32H2,2-5H3/b11-8-,24-10-,35-31+,48-25+,51-9?,54-52?. The summed E-state index contributed by atoms with van der Waals surface area (Å²) in [7, 11) is 0. The lowest BCUT2D eigenvalue weighted by Gasteiger charge is -2.32. The zero-order valence-corrected chi connectivity index (χ0v) is 31.7. The summed E-state index contributed by atoms with van der Waals surface area (Å²) in [6, 6.07) is 42.0. The maximum atomic E-state index is 5.39. The van der Waals surface area contributed by atoms with E-state index in [4.69, 9.17) is 4.99 Å². The van der Waals surface area contributed by atoms with Crippen molar-refractivity contribution in [3.63, 3.8) is 0 Å². The molecule has 0 aromatic heterocycles. The third-order valence-electron chi connectivity index (χ3n) is 11.4. The van der Waals surface area contributed by atoms with Gasteiger partial charge in [0, 0.05) is 11.1 Å². The summed E-state index contributed by atoms with van der Waals surface area (Å²) < 4.78 is 0. The molecule has 0 saturated heterocycles. The zero-order valence-electron chi connectivity index (χ0n) is 31.7. The van der Waals surface area contributed by atoms with Gasteiger partial charge in [-0.2, -0.15) is 0 Å².